The molecule has 1 N–H and O–H groups in total. The summed E-state index contributed by atoms with van der Waals surface area (Å²) in [7, 11) is 0. The Morgan fingerprint density at radius 1 is 1.14 bits per heavy atom. The molecule has 4 heteroatoms. The van der Waals surface area contributed by atoms with E-state index in [9.17, 15) is 4.79 Å². The molecule has 2 aromatic rings. The molecule has 0 radical (unpaired) electrons. The maximum atomic E-state index is 12.0. The fraction of sp³-hybridized carbons (Fsp3) is 0.278. The quantitative estimate of drug-likeness (QED) is 0.847. The van der Waals surface area contributed by atoms with Gasteiger partial charge in [-0.25, -0.2) is 0 Å². The molecule has 0 bridgehead atoms. The molecule has 22 heavy (non-hydrogen) atoms. The number of halogens is 1. The van der Waals surface area contributed by atoms with Crippen LogP contribution in [0.3, 0.4) is 0 Å². The fourth-order valence-corrected chi connectivity index (χ4v) is 2.25. The van der Waals surface area contributed by atoms with Crippen LogP contribution in [-0.4, -0.2) is 18.6 Å². The lowest BCUT2D eigenvalue weighted by Crippen LogP contribution is -2.35. The van der Waals surface area contributed by atoms with Gasteiger partial charge in [-0.2, -0.15) is 0 Å². The smallest absolute Gasteiger partial charge is 0.248 e. The highest BCUT2D eigenvalue weighted by molar-refractivity contribution is 6.30. The number of carbonyl (C=O) groups excluding carboxylic acids is 1. The van der Waals surface area contributed by atoms with Gasteiger partial charge in [0.15, 0.2) is 0 Å². The van der Waals surface area contributed by atoms with E-state index in [2.05, 4.69) is 5.32 Å². The Bertz CT molecular complexity index is 601. The van der Waals surface area contributed by atoms with Gasteiger partial charge in [-0.15, -0.1) is 0 Å². The first-order chi connectivity index (χ1) is 10.6. The van der Waals surface area contributed by atoms with E-state index in [-0.39, 0.29) is 5.91 Å². The van der Waals surface area contributed by atoms with Crippen molar-refractivity contribution in [1.82, 2.24) is 5.32 Å². The number of amides is 1. The number of carbonyl (C=O) groups is 1. The molecule has 0 aliphatic carbocycles. The van der Waals surface area contributed by atoms with Crippen molar-refractivity contribution in [3.05, 3.63) is 70.7 Å². The van der Waals surface area contributed by atoms with E-state index in [1.807, 2.05) is 54.6 Å². The van der Waals surface area contributed by atoms with Crippen molar-refractivity contribution in [2.75, 3.05) is 6.54 Å². The molecular weight excluding hydrogens is 298 g/mol. The molecule has 0 aliphatic heterocycles. The summed E-state index contributed by atoms with van der Waals surface area (Å²) in [5, 5.41) is 3.59. The Morgan fingerprint density at radius 3 is 2.59 bits per heavy atom. The van der Waals surface area contributed by atoms with E-state index >= 15 is 0 Å². The zero-order chi connectivity index (χ0) is 15.8. The van der Waals surface area contributed by atoms with Crippen molar-refractivity contribution in [3.63, 3.8) is 0 Å². The van der Waals surface area contributed by atoms with Gasteiger partial charge in [0.25, 0.3) is 0 Å². The summed E-state index contributed by atoms with van der Waals surface area (Å²) in [6, 6.07) is 17.5. The second-order valence-corrected chi connectivity index (χ2v) is 5.55. The largest absolute Gasteiger partial charge is 0.364 e. The third kappa shape index (κ3) is 5.51. The lowest BCUT2D eigenvalue weighted by atomic mass is 10.1. The van der Waals surface area contributed by atoms with Crippen LogP contribution in [0.4, 0.5) is 0 Å². The molecule has 2 rings (SSSR count). The van der Waals surface area contributed by atoms with Gasteiger partial charge in [-0.05, 0) is 36.6 Å². The predicted octanol–water partition coefficient (Wildman–Crippen LogP) is 3.60. The SMILES string of the molecule is C[C@@H](OCc1ccccc1)C(=O)NCCc1cccc(Cl)c1. The summed E-state index contributed by atoms with van der Waals surface area (Å²) in [6.07, 6.45) is 0.275. The van der Waals surface area contributed by atoms with Gasteiger partial charge in [0.2, 0.25) is 5.91 Å². The van der Waals surface area contributed by atoms with E-state index in [0.29, 0.717) is 18.2 Å². The van der Waals surface area contributed by atoms with Crippen molar-refractivity contribution in [2.45, 2.75) is 26.1 Å². The number of benzene rings is 2. The van der Waals surface area contributed by atoms with Crippen molar-refractivity contribution in [3.8, 4) is 0 Å². The van der Waals surface area contributed by atoms with E-state index in [1.54, 1.807) is 6.92 Å². The number of ether oxygens (including phenoxy) is 1. The number of hydrogen-bond donors (Lipinski definition) is 1. The second-order valence-electron chi connectivity index (χ2n) is 5.11. The maximum absolute atomic E-state index is 12.0. The molecule has 3 nitrogen and oxygen atoms in total. The molecule has 1 atom stereocenters. The highest BCUT2D eigenvalue weighted by Gasteiger charge is 2.12. The predicted molar refractivity (Wildman–Crippen MR) is 88.9 cm³/mol. The van der Waals surface area contributed by atoms with Crippen molar-refractivity contribution < 1.29 is 9.53 Å². The average Bonchev–Trinajstić information content (AvgIpc) is 2.53. The summed E-state index contributed by atoms with van der Waals surface area (Å²) < 4.78 is 5.58. The Kier molecular flexibility index (Phi) is 6.44. The molecule has 0 saturated heterocycles. The molecule has 0 spiro atoms. The lowest BCUT2D eigenvalue weighted by molar-refractivity contribution is -0.132. The zero-order valence-corrected chi connectivity index (χ0v) is 13.3. The highest BCUT2D eigenvalue weighted by atomic mass is 35.5. The number of hydrogen-bond acceptors (Lipinski definition) is 2. The normalized spacial score (nSPS) is 11.9. The number of nitrogens with one attached hydrogen (secondary N) is 1. The standard InChI is InChI=1S/C18H20ClNO2/c1-14(22-13-16-6-3-2-4-7-16)18(21)20-11-10-15-8-5-9-17(19)12-15/h2-9,12,14H,10-11,13H2,1H3,(H,20,21)/t14-/m1/s1. The van der Waals surface area contributed by atoms with Crippen LogP contribution in [0, 0.1) is 0 Å². The summed E-state index contributed by atoms with van der Waals surface area (Å²) in [5.41, 5.74) is 2.16. The van der Waals surface area contributed by atoms with Crippen LogP contribution < -0.4 is 5.32 Å². The fourth-order valence-electron chi connectivity index (χ4n) is 2.04. The Morgan fingerprint density at radius 2 is 1.86 bits per heavy atom. The molecule has 0 aliphatic rings. The topological polar surface area (TPSA) is 38.3 Å². The van der Waals surface area contributed by atoms with E-state index < -0.39 is 6.10 Å². The molecule has 0 heterocycles. The van der Waals surface area contributed by atoms with Gasteiger partial charge >= 0.3 is 0 Å². The first kappa shape index (κ1) is 16.5. The zero-order valence-electron chi connectivity index (χ0n) is 12.6. The first-order valence-electron chi connectivity index (χ1n) is 7.33. The first-order valence-corrected chi connectivity index (χ1v) is 7.70. The molecule has 0 saturated carbocycles. The van der Waals surface area contributed by atoms with Crippen LogP contribution in [0.15, 0.2) is 54.6 Å². The van der Waals surface area contributed by atoms with Crippen molar-refractivity contribution >= 4 is 17.5 Å². The number of rotatable bonds is 7. The molecule has 0 unspecified atom stereocenters. The highest BCUT2D eigenvalue weighted by Crippen LogP contribution is 2.10. The summed E-state index contributed by atoms with van der Waals surface area (Å²) in [6.45, 7) is 2.76. The lowest BCUT2D eigenvalue weighted by Gasteiger charge is -2.13. The minimum absolute atomic E-state index is 0.0991. The third-order valence-electron chi connectivity index (χ3n) is 3.31. The van der Waals surface area contributed by atoms with Crippen LogP contribution in [0.2, 0.25) is 5.02 Å². The van der Waals surface area contributed by atoms with Crippen LogP contribution >= 0.6 is 11.6 Å². The van der Waals surface area contributed by atoms with Gasteiger partial charge in [-0.1, -0.05) is 54.1 Å². The van der Waals surface area contributed by atoms with Gasteiger partial charge in [0.05, 0.1) is 6.61 Å². The van der Waals surface area contributed by atoms with Crippen LogP contribution in [0.25, 0.3) is 0 Å². The molecule has 2 aromatic carbocycles. The Hall–Kier alpha value is -1.84. The van der Waals surface area contributed by atoms with E-state index in [1.165, 1.54) is 0 Å². The molecule has 116 valence electrons. The van der Waals surface area contributed by atoms with E-state index in [0.717, 1.165) is 17.5 Å². The molecular formula is C18H20ClNO2. The maximum Gasteiger partial charge on any atom is 0.248 e. The monoisotopic (exact) mass is 317 g/mol. The minimum Gasteiger partial charge on any atom is -0.364 e. The van der Waals surface area contributed by atoms with E-state index in [4.69, 9.17) is 16.3 Å². The third-order valence-corrected chi connectivity index (χ3v) is 3.55. The summed E-state index contributed by atoms with van der Waals surface area (Å²) >= 11 is 5.93. The van der Waals surface area contributed by atoms with Crippen LogP contribution in [0.1, 0.15) is 18.1 Å². The summed E-state index contributed by atoms with van der Waals surface area (Å²) in [4.78, 5) is 12.0. The van der Waals surface area contributed by atoms with Gasteiger partial charge in [0.1, 0.15) is 6.10 Å². The second kappa shape index (κ2) is 8.57. The Labute approximate surface area is 136 Å². The average molecular weight is 318 g/mol. The minimum atomic E-state index is -0.473. The van der Waals surface area contributed by atoms with Crippen LogP contribution in [0.5, 0.6) is 0 Å². The Balaban J connectivity index is 1.70. The van der Waals surface area contributed by atoms with Gasteiger partial charge < -0.3 is 10.1 Å². The van der Waals surface area contributed by atoms with Crippen LogP contribution in [-0.2, 0) is 22.6 Å². The molecule has 0 aromatic heterocycles. The molecule has 1 amide bonds. The van der Waals surface area contributed by atoms with Crippen molar-refractivity contribution in [2.24, 2.45) is 0 Å². The van der Waals surface area contributed by atoms with Gasteiger partial charge in [-0.3, -0.25) is 4.79 Å². The molecule has 0 fully saturated rings. The van der Waals surface area contributed by atoms with Gasteiger partial charge in [0, 0.05) is 11.6 Å². The van der Waals surface area contributed by atoms with Crippen molar-refractivity contribution in [1.29, 1.82) is 0 Å². The summed E-state index contributed by atoms with van der Waals surface area (Å²) in [5.74, 6) is -0.0991.